The van der Waals surface area contributed by atoms with Crippen LogP contribution in [0.4, 0.5) is 0 Å². The molecule has 1 aliphatic heterocycles. The van der Waals surface area contributed by atoms with Crippen LogP contribution in [0.1, 0.15) is 36.9 Å². The maximum atomic E-state index is 5.28. The summed E-state index contributed by atoms with van der Waals surface area (Å²) in [6, 6.07) is 0. The second-order valence-electron chi connectivity index (χ2n) is 4.39. The normalized spacial score (nSPS) is 25.2. The van der Waals surface area contributed by atoms with E-state index in [1.807, 2.05) is 0 Å². The third kappa shape index (κ3) is 2.49. The predicted molar refractivity (Wildman–Crippen MR) is 58.2 cm³/mol. The van der Waals surface area contributed by atoms with Gasteiger partial charge in [0.05, 0.1) is 5.92 Å². The quantitative estimate of drug-likeness (QED) is 0.854. The molecular formula is C10H16ClN3O. The number of halogens is 1. The molecule has 1 saturated carbocycles. The van der Waals surface area contributed by atoms with Crippen molar-refractivity contribution in [2.75, 3.05) is 13.1 Å². The fraction of sp³-hybridized carbons (Fsp3) is 0.800. The predicted octanol–water partition coefficient (Wildman–Crippen LogP) is 1.52. The summed E-state index contributed by atoms with van der Waals surface area (Å²) < 4.78 is 5.28. The zero-order valence-corrected chi connectivity index (χ0v) is 9.42. The first-order chi connectivity index (χ1) is 6.92. The Kier molecular flexibility index (Phi) is 3.26. The standard InChI is InChI=1S/C10H15N3O.ClH/c1-2-7(1)5-9-12-10(14-13-9)8-3-4-11-6-8;/h7-8,11H,1-6H2;1H/t8-;/m0./s1. The Morgan fingerprint density at radius 3 is 2.87 bits per heavy atom. The van der Waals surface area contributed by atoms with Crippen molar-refractivity contribution in [2.45, 2.75) is 31.6 Å². The summed E-state index contributed by atoms with van der Waals surface area (Å²) in [4.78, 5) is 4.45. The van der Waals surface area contributed by atoms with Gasteiger partial charge in [-0.05, 0) is 31.7 Å². The molecule has 0 amide bonds. The molecule has 5 heteroatoms. The fourth-order valence-corrected chi connectivity index (χ4v) is 1.96. The Morgan fingerprint density at radius 2 is 2.20 bits per heavy atom. The SMILES string of the molecule is C1C[C@H](c2nc(CC3CC3)no2)CN1.Cl. The van der Waals surface area contributed by atoms with E-state index >= 15 is 0 Å². The molecule has 1 saturated heterocycles. The minimum Gasteiger partial charge on any atom is -0.339 e. The van der Waals surface area contributed by atoms with E-state index in [2.05, 4.69) is 15.5 Å². The van der Waals surface area contributed by atoms with E-state index in [1.165, 1.54) is 12.8 Å². The highest BCUT2D eigenvalue weighted by Crippen LogP contribution is 2.32. The van der Waals surface area contributed by atoms with E-state index in [1.54, 1.807) is 0 Å². The number of nitrogens with zero attached hydrogens (tertiary/aromatic N) is 2. The van der Waals surface area contributed by atoms with Gasteiger partial charge in [-0.1, -0.05) is 5.16 Å². The van der Waals surface area contributed by atoms with Crippen LogP contribution in [0.25, 0.3) is 0 Å². The summed E-state index contributed by atoms with van der Waals surface area (Å²) in [5.41, 5.74) is 0. The van der Waals surface area contributed by atoms with Gasteiger partial charge >= 0.3 is 0 Å². The highest BCUT2D eigenvalue weighted by Gasteiger charge is 2.26. The van der Waals surface area contributed by atoms with Gasteiger partial charge in [-0.15, -0.1) is 12.4 Å². The van der Waals surface area contributed by atoms with Gasteiger partial charge in [0, 0.05) is 13.0 Å². The molecule has 84 valence electrons. The number of nitrogens with one attached hydrogen (secondary N) is 1. The monoisotopic (exact) mass is 229 g/mol. The molecule has 0 bridgehead atoms. The molecule has 1 aromatic heterocycles. The molecule has 2 aliphatic rings. The minimum atomic E-state index is 0. The molecule has 3 rings (SSSR count). The third-order valence-corrected chi connectivity index (χ3v) is 3.06. The summed E-state index contributed by atoms with van der Waals surface area (Å²) in [6.45, 7) is 2.07. The third-order valence-electron chi connectivity index (χ3n) is 3.06. The van der Waals surface area contributed by atoms with Gasteiger partial charge in [-0.3, -0.25) is 0 Å². The molecule has 1 aromatic rings. The van der Waals surface area contributed by atoms with Gasteiger partial charge in [0.15, 0.2) is 5.82 Å². The van der Waals surface area contributed by atoms with Crippen molar-refractivity contribution in [1.29, 1.82) is 0 Å². The van der Waals surface area contributed by atoms with E-state index in [0.29, 0.717) is 5.92 Å². The highest BCUT2D eigenvalue weighted by molar-refractivity contribution is 5.85. The second kappa shape index (κ2) is 4.49. The molecule has 4 nitrogen and oxygen atoms in total. The summed E-state index contributed by atoms with van der Waals surface area (Å²) in [6.07, 6.45) is 4.83. The van der Waals surface area contributed by atoms with Gasteiger partial charge in [0.1, 0.15) is 0 Å². The van der Waals surface area contributed by atoms with Crippen molar-refractivity contribution in [2.24, 2.45) is 5.92 Å². The van der Waals surface area contributed by atoms with Gasteiger partial charge in [-0.25, -0.2) is 0 Å². The molecule has 0 spiro atoms. The first kappa shape index (κ1) is 10.9. The molecule has 0 radical (unpaired) electrons. The fourth-order valence-electron chi connectivity index (χ4n) is 1.96. The van der Waals surface area contributed by atoms with Crippen LogP contribution in [-0.4, -0.2) is 23.2 Å². The smallest absolute Gasteiger partial charge is 0.231 e. The maximum absolute atomic E-state index is 5.28. The molecule has 2 heterocycles. The van der Waals surface area contributed by atoms with Gasteiger partial charge in [0.25, 0.3) is 0 Å². The lowest BCUT2D eigenvalue weighted by Gasteiger charge is -1.98. The van der Waals surface area contributed by atoms with Crippen LogP contribution in [-0.2, 0) is 6.42 Å². The second-order valence-corrected chi connectivity index (χ2v) is 4.39. The molecule has 0 unspecified atom stereocenters. The van der Waals surface area contributed by atoms with E-state index in [9.17, 15) is 0 Å². The van der Waals surface area contributed by atoms with Crippen LogP contribution in [0.5, 0.6) is 0 Å². The van der Waals surface area contributed by atoms with Gasteiger partial charge < -0.3 is 9.84 Å². The summed E-state index contributed by atoms with van der Waals surface area (Å²) in [5, 5.41) is 7.33. The van der Waals surface area contributed by atoms with Crippen LogP contribution in [0.2, 0.25) is 0 Å². The largest absolute Gasteiger partial charge is 0.339 e. The number of hydrogen-bond acceptors (Lipinski definition) is 4. The Hall–Kier alpha value is -0.610. The van der Waals surface area contributed by atoms with E-state index in [4.69, 9.17) is 4.52 Å². The van der Waals surface area contributed by atoms with Crippen molar-refractivity contribution in [3.05, 3.63) is 11.7 Å². The Labute approximate surface area is 95.2 Å². The van der Waals surface area contributed by atoms with E-state index in [-0.39, 0.29) is 12.4 Å². The number of aromatic nitrogens is 2. The molecule has 0 aromatic carbocycles. The lowest BCUT2D eigenvalue weighted by molar-refractivity contribution is 0.354. The minimum absolute atomic E-state index is 0. The maximum Gasteiger partial charge on any atom is 0.231 e. The zero-order valence-electron chi connectivity index (χ0n) is 8.61. The first-order valence-electron chi connectivity index (χ1n) is 5.45. The van der Waals surface area contributed by atoms with Crippen molar-refractivity contribution in [3.63, 3.8) is 0 Å². The summed E-state index contributed by atoms with van der Waals surface area (Å²) in [7, 11) is 0. The van der Waals surface area contributed by atoms with E-state index in [0.717, 1.165) is 43.6 Å². The van der Waals surface area contributed by atoms with Crippen LogP contribution < -0.4 is 5.32 Å². The first-order valence-corrected chi connectivity index (χ1v) is 5.45. The number of hydrogen-bond donors (Lipinski definition) is 1. The lowest BCUT2D eigenvalue weighted by atomic mass is 10.1. The molecule has 15 heavy (non-hydrogen) atoms. The average molecular weight is 230 g/mol. The van der Waals surface area contributed by atoms with Crippen LogP contribution >= 0.6 is 12.4 Å². The van der Waals surface area contributed by atoms with Crippen molar-refractivity contribution in [1.82, 2.24) is 15.5 Å². The van der Waals surface area contributed by atoms with Gasteiger partial charge in [0.2, 0.25) is 5.89 Å². The summed E-state index contributed by atoms with van der Waals surface area (Å²) in [5.74, 6) is 3.04. The zero-order chi connectivity index (χ0) is 9.38. The van der Waals surface area contributed by atoms with Crippen LogP contribution in [0.3, 0.4) is 0 Å². The van der Waals surface area contributed by atoms with Crippen molar-refractivity contribution >= 4 is 12.4 Å². The Bertz CT molecular complexity index is 318. The number of rotatable bonds is 3. The Morgan fingerprint density at radius 1 is 1.33 bits per heavy atom. The highest BCUT2D eigenvalue weighted by atomic mass is 35.5. The molecule has 1 N–H and O–H groups in total. The Balaban J connectivity index is 0.000000853. The topological polar surface area (TPSA) is 51.0 Å². The average Bonchev–Trinajstić information content (AvgIpc) is 2.71. The van der Waals surface area contributed by atoms with Crippen LogP contribution in [0.15, 0.2) is 4.52 Å². The van der Waals surface area contributed by atoms with E-state index < -0.39 is 0 Å². The van der Waals surface area contributed by atoms with Crippen molar-refractivity contribution < 1.29 is 4.52 Å². The summed E-state index contributed by atoms with van der Waals surface area (Å²) >= 11 is 0. The lowest BCUT2D eigenvalue weighted by Crippen LogP contribution is -2.08. The molecular weight excluding hydrogens is 214 g/mol. The van der Waals surface area contributed by atoms with Gasteiger partial charge in [-0.2, -0.15) is 4.98 Å². The van der Waals surface area contributed by atoms with Crippen LogP contribution in [0, 0.1) is 5.92 Å². The molecule has 1 atom stereocenters. The molecule has 2 fully saturated rings. The van der Waals surface area contributed by atoms with Crippen molar-refractivity contribution in [3.8, 4) is 0 Å². The molecule has 1 aliphatic carbocycles.